The molecule has 0 unspecified atom stereocenters. The predicted octanol–water partition coefficient (Wildman–Crippen LogP) is 0.744. The average molecular weight is 220 g/mol. The molecule has 0 aliphatic heterocycles. The van der Waals surface area contributed by atoms with Gasteiger partial charge in [0.25, 0.3) is 0 Å². The topological polar surface area (TPSA) is 60.7 Å². The van der Waals surface area contributed by atoms with Crippen LogP contribution in [-0.4, -0.2) is 25.8 Å². The van der Waals surface area contributed by atoms with Crippen molar-refractivity contribution in [2.24, 2.45) is 0 Å². The average Bonchev–Trinajstić information content (AvgIpc) is 2.30. The summed E-state index contributed by atoms with van der Waals surface area (Å²) in [4.78, 5) is 23.3. The molecule has 0 fully saturated rings. The molecule has 2 aromatic heterocycles. The SMILES string of the molecule is CSc1nccc(-n2cccnc2=O)n1. The standard InChI is InChI=1S/C9H8N4OS/c1-15-8-10-5-3-7(12-8)13-6-2-4-11-9(13)14/h2-6H,1H3. The second kappa shape index (κ2) is 4.22. The molecule has 15 heavy (non-hydrogen) atoms. The molecule has 0 aliphatic carbocycles. The Morgan fingerprint density at radius 1 is 1.33 bits per heavy atom. The first kappa shape index (κ1) is 9.85. The Hall–Kier alpha value is -1.69. The molecule has 0 saturated carbocycles. The number of thioether (sulfide) groups is 1. The third kappa shape index (κ3) is 2.04. The third-order valence-corrected chi connectivity index (χ3v) is 2.32. The summed E-state index contributed by atoms with van der Waals surface area (Å²) >= 11 is 1.43. The summed E-state index contributed by atoms with van der Waals surface area (Å²) in [5.74, 6) is 0.535. The van der Waals surface area contributed by atoms with Gasteiger partial charge in [0.15, 0.2) is 5.16 Å². The van der Waals surface area contributed by atoms with Crippen LogP contribution >= 0.6 is 11.8 Å². The molecule has 0 saturated heterocycles. The fraction of sp³-hybridized carbons (Fsp3) is 0.111. The van der Waals surface area contributed by atoms with Crippen LogP contribution in [-0.2, 0) is 0 Å². The van der Waals surface area contributed by atoms with Crippen LogP contribution in [0.4, 0.5) is 0 Å². The molecule has 2 heterocycles. The number of nitrogens with zero attached hydrogens (tertiary/aromatic N) is 4. The zero-order valence-electron chi connectivity index (χ0n) is 7.99. The fourth-order valence-corrected chi connectivity index (χ4v) is 1.45. The lowest BCUT2D eigenvalue weighted by atomic mass is 10.5. The molecule has 0 aromatic carbocycles. The third-order valence-electron chi connectivity index (χ3n) is 1.76. The van der Waals surface area contributed by atoms with Gasteiger partial charge in [-0.15, -0.1) is 0 Å². The summed E-state index contributed by atoms with van der Waals surface area (Å²) in [6.45, 7) is 0. The number of hydrogen-bond acceptors (Lipinski definition) is 5. The van der Waals surface area contributed by atoms with Gasteiger partial charge in [-0.05, 0) is 18.4 Å². The fourth-order valence-electron chi connectivity index (χ4n) is 1.10. The Bertz CT molecular complexity index is 525. The molecule has 2 aromatic rings. The van der Waals surface area contributed by atoms with Gasteiger partial charge < -0.3 is 0 Å². The van der Waals surface area contributed by atoms with Crippen molar-refractivity contribution < 1.29 is 0 Å². The Morgan fingerprint density at radius 2 is 2.20 bits per heavy atom. The molecule has 0 amide bonds. The van der Waals surface area contributed by atoms with Crippen molar-refractivity contribution in [2.45, 2.75) is 5.16 Å². The van der Waals surface area contributed by atoms with Gasteiger partial charge in [0.05, 0.1) is 0 Å². The smallest absolute Gasteiger partial charge is 0.251 e. The summed E-state index contributed by atoms with van der Waals surface area (Å²) in [6, 6.07) is 3.35. The maximum atomic E-state index is 11.4. The van der Waals surface area contributed by atoms with Crippen molar-refractivity contribution in [3.8, 4) is 5.82 Å². The van der Waals surface area contributed by atoms with Crippen molar-refractivity contribution in [2.75, 3.05) is 6.26 Å². The van der Waals surface area contributed by atoms with Crippen LogP contribution in [0, 0.1) is 0 Å². The van der Waals surface area contributed by atoms with Crippen molar-refractivity contribution in [3.63, 3.8) is 0 Å². The maximum absolute atomic E-state index is 11.4. The molecular weight excluding hydrogens is 212 g/mol. The molecule has 0 spiro atoms. The molecule has 5 nitrogen and oxygen atoms in total. The molecule has 6 heteroatoms. The molecule has 0 bridgehead atoms. The van der Waals surface area contributed by atoms with Crippen LogP contribution in [0.2, 0.25) is 0 Å². The van der Waals surface area contributed by atoms with Crippen molar-refractivity contribution in [1.29, 1.82) is 0 Å². The minimum absolute atomic E-state index is 0.344. The van der Waals surface area contributed by atoms with E-state index in [2.05, 4.69) is 15.0 Å². The lowest BCUT2D eigenvalue weighted by molar-refractivity contribution is 0.835. The lowest BCUT2D eigenvalue weighted by Crippen LogP contribution is -2.20. The van der Waals surface area contributed by atoms with Crippen molar-refractivity contribution in [1.82, 2.24) is 19.5 Å². The minimum Gasteiger partial charge on any atom is -0.251 e. The van der Waals surface area contributed by atoms with Gasteiger partial charge in [0.2, 0.25) is 0 Å². The second-order valence-electron chi connectivity index (χ2n) is 2.67. The quantitative estimate of drug-likeness (QED) is 0.552. The summed E-state index contributed by atoms with van der Waals surface area (Å²) in [7, 11) is 0. The minimum atomic E-state index is -0.344. The highest BCUT2D eigenvalue weighted by molar-refractivity contribution is 7.98. The van der Waals surface area contributed by atoms with E-state index in [4.69, 9.17) is 0 Å². The monoisotopic (exact) mass is 220 g/mol. The molecule has 2 rings (SSSR count). The van der Waals surface area contributed by atoms with E-state index in [1.165, 1.54) is 22.5 Å². The van der Waals surface area contributed by atoms with Gasteiger partial charge in [0, 0.05) is 18.6 Å². The summed E-state index contributed by atoms with van der Waals surface area (Å²) in [5, 5.41) is 0.628. The van der Waals surface area contributed by atoms with Gasteiger partial charge in [-0.2, -0.15) is 0 Å². The molecule has 0 radical (unpaired) electrons. The summed E-state index contributed by atoms with van der Waals surface area (Å²) < 4.78 is 1.38. The van der Waals surface area contributed by atoms with E-state index >= 15 is 0 Å². The predicted molar refractivity (Wildman–Crippen MR) is 57.2 cm³/mol. The van der Waals surface area contributed by atoms with Crippen LogP contribution in [0.1, 0.15) is 0 Å². The van der Waals surface area contributed by atoms with E-state index in [1.54, 1.807) is 24.5 Å². The Morgan fingerprint density at radius 3 is 2.93 bits per heavy atom. The highest BCUT2D eigenvalue weighted by Gasteiger charge is 2.01. The van der Waals surface area contributed by atoms with Gasteiger partial charge >= 0.3 is 5.69 Å². The van der Waals surface area contributed by atoms with Crippen LogP contribution < -0.4 is 5.69 Å². The summed E-state index contributed by atoms with van der Waals surface area (Å²) in [5.41, 5.74) is -0.344. The van der Waals surface area contributed by atoms with Crippen LogP contribution in [0.15, 0.2) is 40.7 Å². The second-order valence-corrected chi connectivity index (χ2v) is 3.45. The van der Waals surface area contributed by atoms with Crippen LogP contribution in [0.25, 0.3) is 5.82 Å². The maximum Gasteiger partial charge on any atom is 0.353 e. The van der Waals surface area contributed by atoms with Crippen molar-refractivity contribution in [3.05, 3.63) is 41.2 Å². The van der Waals surface area contributed by atoms with Gasteiger partial charge in [-0.3, -0.25) is 4.57 Å². The normalized spacial score (nSPS) is 10.2. The molecule has 76 valence electrons. The van der Waals surface area contributed by atoms with E-state index in [9.17, 15) is 4.79 Å². The largest absolute Gasteiger partial charge is 0.353 e. The molecule has 0 N–H and O–H groups in total. The lowest BCUT2D eigenvalue weighted by Gasteiger charge is -2.03. The molecule has 0 aliphatic rings. The number of aromatic nitrogens is 4. The van der Waals surface area contributed by atoms with Crippen LogP contribution in [0.3, 0.4) is 0 Å². The number of rotatable bonds is 2. The zero-order chi connectivity index (χ0) is 10.7. The Labute approximate surface area is 90.2 Å². The summed E-state index contributed by atoms with van der Waals surface area (Å²) in [6.07, 6.45) is 6.58. The highest BCUT2D eigenvalue weighted by Crippen LogP contribution is 2.08. The zero-order valence-corrected chi connectivity index (χ0v) is 8.81. The van der Waals surface area contributed by atoms with Gasteiger partial charge in [0.1, 0.15) is 5.82 Å². The van der Waals surface area contributed by atoms with E-state index in [0.717, 1.165) is 0 Å². The highest BCUT2D eigenvalue weighted by atomic mass is 32.2. The van der Waals surface area contributed by atoms with Crippen molar-refractivity contribution >= 4 is 11.8 Å². The van der Waals surface area contributed by atoms with Gasteiger partial charge in [-0.1, -0.05) is 11.8 Å². The van der Waals surface area contributed by atoms with E-state index in [-0.39, 0.29) is 5.69 Å². The Balaban J connectivity index is 2.54. The van der Waals surface area contributed by atoms with E-state index in [0.29, 0.717) is 11.0 Å². The van der Waals surface area contributed by atoms with Crippen LogP contribution in [0.5, 0.6) is 0 Å². The first-order chi connectivity index (χ1) is 7.31. The Kier molecular flexibility index (Phi) is 2.77. The van der Waals surface area contributed by atoms with E-state index in [1.807, 2.05) is 6.26 Å². The van der Waals surface area contributed by atoms with Gasteiger partial charge in [-0.25, -0.2) is 19.7 Å². The number of hydrogen-bond donors (Lipinski definition) is 0. The molecular formula is C9H8N4OS. The first-order valence-corrected chi connectivity index (χ1v) is 5.45. The first-order valence-electron chi connectivity index (χ1n) is 4.22. The van der Waals surface area contributed by atoms with E-state index < -0.39 is 0 Å². The molecule has 0 atom stereocenters.